The van der Waals surface area contributed by atoms with Crippen LogP contribution in [-0.4, -0.2) is 13.1 Å². The van der Waals surface area contributed by atoms with Crippen LogP contribution in [-0.2, 0) is 0 Å². The van der Waals surface area contributed by atoms with Gasteiger partial charge in [0, 0.05) is 0 Å². The molecule has 1 unspecified atom stereocenters. The summed E-state index contributed by atoms with van der Waals surface area (Å²) < 4.78 is 0. The van der Waals surface area contributed by atoms with Gasteiger partial charge < -0.3 is 5.32 Å². The Bertz CT molecular complexity index is 63.3. The molecular formula is C10H22N. The Kier molecular flexibility index (Phi) is 8.03. The first-order valence-electron chi connectivity index (χ1n) is 4.85. The van der Waals surface area contributed by atoms with Crippen LogP contribution in [0.2, 0.25) is 0 Å². The zero-order valence-corrected chi connectivity index (χ0v) is 8.03. The van der Waals surface area contributed by atoms with E-state index in [2.05, 4.69) is 26.1 Å². The molecule has 1 radical (unpaired) electrons. The second kappa shape index (κ2) is 8.06. The number of nitrogens with one attached hydrogen (secondary N) is 1. The Morgan fingerprint density at radius 2 is 2.09 bits per heavy atom. The van der Waals surface area contributed by atoms with E-state index in [0.717, 1.165) is 19.0 Å². The van der Waals surface area contributed by atoms with Gasteiger partial charge in [-0.2, -0.15) is 0 Å². The van der Waals surface area contributed by atoms with E-state index >= 15 is 0 Å². The Balaban J connectivity index is 3.25. The standard InChI is InChI=1S/C10H22N/c1-4-7-8-10(5-2)9-11-6-3/h10-11H,3-9H2,1-2H3. The molecule has 0 bridgehead atoms. The highest BCUT2D eigenvalue weighted by atomic mass is 14.8. The smallest absolute Gasteiger partial charge is 0.00206 e. The number of hydrogen-bond donors (Lipinski definition) is 1. The third-order valence-electron chi connectivity index (χ3n) is 2.15. The molecule has 11 heavy (non-hydrogen) atoms. The third kappa shape index (κ3) is 6.36. The van der Waals surface area contributed by atoms with E-state index in [1.807, 2.05) is 0 Å². The van der Waals surface area contributed by atoms with E-state index in [1.165, 1.54) is 25.7 Å². The Morgan fingerprint density at radius 3 is 2.55 bits per heavy atom. The Morgan fingerprint density at radius 1 is 1.36 bits per heavy atom. The molecule has 0 aromatic heterocycles. The molecule has 0 rings (SSSR count). The fourth-order valence-electron chi connectivity index (χ4n) is 1.25. The average molecular weight is 156 g/mol. The van der Waals surface area contributed by atoms with Gasteiger partial charge in [-0.15, -0.1) is 0 Å². The lowest BCUT2D eigenvalue weighted by Crippen LogP contribution is -2.22. The van der Waals surface area contributed by atoms with Crippen LogP contribution in [0.5, 0.6) is 0 Å². The number of rotatable bonds is 7. The normalized spacial score (nSPS) is 13.4. The molecule has 0 aliphatic rings. The van der Waals surface area contributed by atoms with Crippen LogP contribution in [0.3, 0.4) is 0 Å². The maximum absolute atomic E-state index is 3.76. The van der Waals surface area contributed by atoms with Gasteiger partial charge in [0.25, 0.3) is 0 Å². The lowest BCUT2D eigenvalue weighted by Gasteiger charge is -2.13. The molecule has 0 aliphatic heterocycles. The molecule has 0 saturated carbocycles. The summed E-state index contributed by atoms with van der Waals surface area (Å²) in [5, 5.41) is 3.30. The fourth-order valence-corrected chi connectivity index (χ4v) is 1.25. The molecule has 0 aromatic rings. The molecule has 0 aromatic carbocycles. The molecule has 1 nitrogen and oxygen atoms in total. The van der Waals surface area contributed by atoms with Crippen LogP contribution in [0.25, 0.3) is 0 Å². The molecule has 0 amide bonds. The van der Waals surface area contributed by atoms with Gasteiger partial charge >= 0.3 is 0 Å². The van der Waals surface area contributed by atoms with E-state index in [0.29, 0.717) is 0 Å². The predicted molar refractivity (Wildman–Crippen MR) is 51.5 cm³/mol. The minimum atomic E-state index is 0.864. The van der Waals surface area contributed by atoms with Gasteiger partial charge in [-0.25, -0.2) is 0 Å². The second-order valence-electron chi connectivity index (χ2n) is 3.12. The van der Waals surface area contributed by atoms with Crippen molar-refractivity contribution in [2.45, 2.75) is 39.5 Å². The summed E-state index contributed by atoms with van der Waals surface area (Å²) in [6, 6.07) is 0. The van der Waals surface area contributed by atoms with E-state index in [1.54, 1.807) is 0 Å². The second-order valence-corrected chi connectivity index (χ2v) is 3.12. The van der Waals surface area contributed by atoms with Gasteiger partial charge in [-0.3, -0.25) is 0 Å². The van der Waals surface area contributed by atoms with Gasteiger partial charge in [0.2, 0.25) is 0 Å². The zero-order valence-electron chi connectivity index (χ0n) is 8.03. The molecule has 0 spiro atoms. The largest absolute Gasteiger partial charge is 0.316 e. The predicted octanol–water partition coefficient (Wildman–Crippen LogP) is 2.63. The molecule has 0 fully saturated rings. The summed E-state index contributed by atoms with van der Waals surface area (Å²) in [6.07, 6.45) is 5.37. The van der Waals surface area contributed by atoms with Crippen molar-refractivity contribution in [1.29, 1.82) is 0 Å². The minimum absolute atomic E-state index is 0.864. The topological polar surface area (TPSA) is 12.0 Å². The Labute approximate surface area is 71.6 Å². The van der Waals surface area contributed by atoms with Crippen molar-refractivity contribution in [3.8, 4) is 0 Å². The fraction of sp³-hybridized carbons (Fsp3) is 0.900. The first kappa shape index (κ1) is 11.0. The number of unbranched alkanes of at least 4 members (excludes halogenated alkanes) is 1. The van der Waals surface area contributed by atoms with E-state index in [9.17, 15) is 0 Å². The van der Waals surface area contributed by atoms with E-state index in [4.69, 9.17) is 0 Å². The highest BCUT2D eigenvalue weighted by molar-refractivity contribution is 4.60. The van der Waals surface area contributed by atoms with Crippen molar-refractivity contribution in [3.63, 3.8) is 0 Å². The minimum Gasteiger partial charge on any atom is -0.316 e. The van der Waals surface area contributed by atoms with Crippen molar-refractivity contribution < 1.29 is 0 Å². The van der Waals surface area contributed by atoms with Crippen molar-refractivity contribution in [2.24, 2.45) is 5.92 Å². The van der Waals surface area contributed by atoms with Crippen molar-refractivity contribution in [3.05, 3.63) is 6.92 Å². The summed E-state index contributed by atoms with van der Waals surface area (Å²) in [5.41, 5.74) is 0. The van der Waals surface area contributed by atoms with Gasteiger partial charge in [0.15, 0.2) is 0 Å². The van der Waals surface area contributed by atoms with Crippen LogP contribution < -0.4 is 5.32 Å². The Hall–Kier alpha value is -0.0400. The lowest BCUT2D eigenvalue weighted by atomic mass is 9.99. The van der Waals surface area contributed by atoms with Gasteiger partial charge in [-0.1, -0.05) is 33.1 Å². The van der Waals surface area contributed by atoms with Crippen LogP contribution in [0.1, 0.15) is 39.5 Å². The maximum atomic E-state index is 3.76. The highest BCUT2D eigenvalue weighted by Crippen LogP contribution is 2.10. The first-order valence-corrected chi connectivity index (χ1v) is 4.85. The molecule has 67 valence electrons. The summed E-state index contributed by atoms with van der Waals surface area (Å²) in [4.78, 5) is 0. The van der Waals surface area contributed by atoms with Crippen molar-refractivity contribution >= 4 is 0 Å². The van der Waals surface area contributed by atoms with E-state index < -0.39 is 0 Å². The zero-order chi connectivity index (χ0) is 8.53. The molecule has 0 heterocycles. The van der Waals surface area contributed by atoms with Gasteiger partial charge in [0.1, 0.15) is 0 Å². The summed E-state index contributed by atoms with van der Waals surface area (Å²) in [6.45, 7) is 10.3. The van der Waals surface area contributed by atoms with Crippen molar-refractivity contribution in [1.82, 2.24) is 5.32 Å². The highest BCUT2D eigenvalue weighted by Gasteiger charge is 2.03. The molecule has 0 aliphatic carbocycles. The molecule has 1 N–H and O–H groups in total. The number of hydrogen-bond acceptors (Lipinski definition) is 1. The van der Waals surface area contributed by atoms with Gasteiger partial charge in [-0.05, 0) is 32.4 Å². The summed E-state index contributed by atoms with van der Waals surface area (Å²) in [7, 11) is 0. The van der Waals surface area contributed by atoms with Gasteiger partial charge in [0.05, 0.1) is 0 Å². The van der Waals surface area contributed by atoms with Crippen LogP contribution >= 0.6 is 0 Å². The maximum Gasteiger partial charge on any atom is -0.00206 e. The molecule has 0 saturated heterocycles. The monoisotopic (exact) mass is 156 g/mol. The van der Waals surface area contributed by atoms with Crippen LogP contribution in [0.15, 0.2) is 0 Å². The summed E-state index contributed by atoms with van der Waals surface area (Å²) >= 11 is 0. The van der Waals surface area contributed by atoms with Crippen LogP contribution in [0, 0.1) is 12.8 Å². The van der Waals surface area contributed by atoms with E-state index in [-0.39, 0.29) is 0 Å². The molecular weight excluding hydrogens is 134 g/mol. The third-order valence-corrected chi connectivity index (χ3v) is 2.15. The first-order chi connectivity index (χ1) is 5.35. The lowest BCUT2D eigenvalue weighted by molar-refractivity contribution is 0.428. The van der Waals surface area contributed by atoms with Crippen LogP contribution in [0.4, 0.5) is 0 Å². The molecule has 1 atom stereocenters. The quantitative estimate of drug-likeness (QED) is 0.597. The van der Waals surface area contributed by atoms with Crippen molar-refractivity contribution in [2.75, 3.05) is 13.1 Å². The summed E-state index contributed by atoms with van der Waals surface area (Å²) in [5.74, 6) is 0.872. The SMILES string of the molecule is [CH2]CNCC(CC)CCCC. The average Bonchev–Trinajstić information content (AvgIpc) is 2.05. The molecule has 1 heteroatoms.